The summed E-state index contributed by atoms with van der Waals surface area (Å²) < 4.78 is 7.31. The van der Waals surface area contributed by atoms with Gasteiger partial charge in [0.25, 0.3) is 0 Å². The van der Waals surface area contributed by atoms with Crippen LogP contribution in [0.25, 0.3) is 10.8 Å². The Morgan fingerprint density at radius 1 is 1.07 bits per heavy atom. The average Bonchev–Trinajstić information content (AvgIpc) is 2.23. The predicted molar refractivity (Wildman–Crippen MR) is 65.9 cm³/mol. The lowest BCUT2D eigenvalue weighted by atomic mass is 10.1. The fraction of sp³-hybridized carbons (Fsp3) is 0.0909. The summed E-state index contributed by atoms with van der Waals surface area (Å²) in [6.07, 6.45) is 0. The molecule has 0 aliphatic heterocycles. The van der Waals surface area contributed by atoms with Gasteiger partial charge in [-0.3, -0.25) is 0 Å². The fourth-order valence-corrected chi connectivity index (χ4v) is 2.60. The van der Waals surface area contributed by atoms with Crippen LogP contribution in [0, 0.1) is 0 Å². The van der Waals surface area contributed by atoms with Crippen LogP contribution in [-0.4, -0.2) is 7.11 Å². The lowest BCUT2D eigenvalue weighted by Crippen LogP contribution is -1.86. The highest BCUT2D eigenvalue weighted by atomic mass is 79.9. The molecule has 2 aromatic carbocycles. The molecule has 1 nitrogen and oxygen atoms in total. The number of rotatable bonds is 1. The van der Waals surface area contributed by atoms with E-state index in [9.17, 15) is 0 Å². The van der Waals surface area contributed by atoms with Crippen LogP contribution in [-0.2, 0) is 0 Å². The van der Waals surface area contributed by atoms with E-state index in [-0.39, 0.29) is 0 Å². The molecular formula is C11H8Br2O. The number of methoxy groups -OCH3 is 1. The van der Waals surface area contributed by atoms with Crippen molar-refractivity contribution in [3.63, 3.8) is 0 Å². The first-order chi connectivity index (χ1) is 6.74. The molecule has 0 aliphatic rings. The third-order valence-corrected chi connectivity index (χ3v) is 3.59. The molecule has 14 heavy (non-hydrogen) atoms. The molecule has 2 aromatic rings. The van der Waals surface area contributed by atoms with Crippen molar-refractivity contribution in [2.75, 3.05) is 7.11 Å². The number of ether oxygens (including phenoxy) is 1. The van der Waals surface area contributed by atoms with E-state index in [1.807, 2.05) is 18.2 Å². The smallest absolute Gasteiger partial charge is 0.134 e. The van der Waals surface area contributed by atoms with E-state index in [1.165, 1.54) is 5.39 Å². The van der Waals surface area contributed by atoms with Crippen LogP contribution in [0.5, 0.6) is 5.75 Å². The van der Waals surface area contributed by atoms with Gasteiger partial charge in [0.05, 0.1) is 11.6 Å². The second kappa shape index (κ2) is 3.91. The summed E-state index contributed by atoms with van der Waals surface area (Å²) in [4.78, 5) is 0. The molecule has 72 valence electrons. The first-order valence-electron chi connectivity index (χ1n) is 4.15. The number of hydrogen-bond donors (Lipinski definition) is 0. The van der Waals surface area contributed by atoms with Gasteiger partial charge in [-0.15, -0.1) is 0 Å². The van der Waals surface area contributed by atoms with Crippen molar-refractivity contribution in [3.05, 3.63) is 39.3 Å². The van der Waals surface area contributed by atoms with Gasteiger partial charge >= 0.3 is 0 Å². The Balaban J connectivity index is 2.87. The molecule has 0 atom stereocenters. The molecule has 0 heterocycles. The van der Waals surface area contributed by atoms with Crippen LogP contribution in [0.3, 0.4) is 0 Å². The van der Waals surface area contributed by atoms with Crippen molar-refractivity contribution >= 4 is 42.6 Å². The molecule has 0 aliphatic carbocycles. The largest absolute Gasteiger partial charge is 0.496 e. The minimum Gasteiger partial charge on any atom is -0.496 e. The Labute approximate surface area is 99.3 Å². The SMILES string of the molecule is COc1cc(Br)c2ccccc2c1Br. The molecule has 0 fully saturated rings. The van der Waals surface area contributed by atoms with Gasteiger partial charge in [-0.1, -0.05) is 40.2 Å². The van der Waals surface area contributed by atoms with Crippen molar-refractivity contribution in [1.82, 2.24) is 0 Å². The summed E-state index contributed by atoms with van der Waals surface area (Å²) in [5.74, 6) is 0.843. The fourth-order valence-electron chi connectivity index (χ4n) is 1.42. The maximum atomic E-state index is 5.26. The van der Waals surface area contributed by atoms with Crippen LogP contribution < -0.4 is 4.74 Å². The predicted octanol–water partition coefficient (Wildman–Crippen LogP) is 4.37. The lowest BCUT2D eigenvalue weighted by molar-refractivity contribution is 0.412. The topological polar surface area (TPSA) is 9.23 Å². The van der Waals surface area contributed by atoms with Gasteiger partial charge in [-0.2, -0.15) is 0 Å². The van der Waals surface area contributed by atoms with Crippen LogP contribution in [0.4, 0.5) is 0 Å². The molecule has 2 rings (SSSR count). The maximum Gasteiger partial charge on any atom is 0.134 e. The maximum absolute atomic E-state index is 5.26. The Morgan fingerprint density at radius 3 is 2.36 bits per heavy atom. The summed E-state index contributed by atoms with van der Waals surface area (Å²) in [5.41, 5.74) is 0. The van der Waals surface area contributed by atoms with Crippen molar-refractivity contribution in [2.24, 2.45) is 0 Å². The van der Waals surface area contributed by atoms with Crippen LogP contribution >= 0.6 is 31.9 Å². The normalized spacial score (nSPS) is 10.5. The molecule has 0 saturated carbocycles. The minimum atomic E-state index is 0.843. The van der Waals surface area contributed by atoms with Gasteiger partial charge in [-0.05, 0) is 27.4 Å². The van der Waals surface area contributed by atoms with Gasteiger partial charge in [0.15, 0.2) is 0 Å². The van der Waals surface area contributed by atoms with Crippen molar-refractivity contribution in [3.8, 4) is 5.75 Å². The second-order valence-corrected chi connectivity index (χ2v) is 4.57. The third kappa shape index (κ3) is 1.55. The van der Waals surface area contributed by atoms with Crippen LogP contribution in [0.1, 0.15) is 0 Å². The summed E-state index contributed by atoms with van der Waals surface area (Å²) in [6.45, 7) is 0. The summed E-state index contributed by atoms with van der Waals surface area (Å²) in [6, 6.07) is 10.1. The Kier molecular flexibility index (Phi) is 2.79. The summed E-state index contributed by atoms with van der Waals surface area (Å²) >= 11 is 7.05. The van der Waals surface area contributed by atoms with E-state index in [1.54, 1.807) is 7.11 Å². The zero-order valence-corrected chi connectivity index (χ0v) is 10.7. The first-order valence-corrected chi connectivity index (χ1v) is 5.73. The Morgan fingerprint density at radius 2 is 1.71 bits per heavy atom. The summed E-state index contributed by atoms with van der Waals surface area (Å²) in [5, 5.41) is 2.33. The van der Waals surface area contributed by atoms with Crippen LogP contribution in [0.2, 0.25) is 0 Å². The quantitative estimate of drug-likeness (QED) is 0.759. The molecular weight excluding hydrogens is 308 g/mol. The highest BCUT2D eigenvalue weighted by molar-refractivity contribution is 9.11. The molecule has 3 heteroatoms. The monoisotopic (exact) mass is 314 g/mol. The zero-order chi connectivity index (χ0) is 10.1. The Bertz CT molecular complexity index is 480. The average molecular weight is 316 g/mol. The molecule has 0 N–H and O–H groups in total. The van der Waals surface area contributed by atoms with Crippen molar-refractivity contribution in [1.29, 1.82) is 0 Å². The number of fused-ring (bicyclic) bond motifs is 1. The molecule has 0 bridgehead atoms. The van der Waals surface area contributed by atoms with E-state index in [4.69, 9.17) is 4.74 Å². The highest BCUT2D eigenvalue weighted by Gasteiger charge is 2.07. The van der Waals surface area contributed by atoms with Gasteiger partial charge in [0.1, 0.15) is 5.75 Å². The van der Waals surface area contributed by atoms with Crippen molar-refractivity contribution in [2.45, 2.75) is 0 Å². The van der Waals surface area contributed by atoms with Gasteiger partial charge in [0.2, 0.25) is 0 Å². The van der Waals surface area contributed by atoms with E-state index in [0.29, 0.717) is 0 Å². The zero-order valence-electron chi connectivity index (χ0n) is 7.55. The minimum absolute atomic E-state index is 0.843. The summed E-state index contributed by atoms with van der Waals surface area (Å²) in [7, 11) is 1.67. The third-order valence-electron chi connectivity index (χ3n) is 2.11. The molecule has 0 aromatic heterocycles. The highest BCUT2D eigenvalue weighted by Crippen LogP contribution is 2.37. The lowest BCUT2D eigenvalue weighted by Gasteiger charge is -2.08. The van der Waals surface area contributed by atoms with Gasteiger partial charge < -0.3 is 4.74 Å². The van der Waals surface area contributed by atoms with E-state index in [0.717, 1.165) is 20.1 Å². The molecule has 0 saturated heterocycles. The molecule has 0 radical (unpaired) electrons. The number of halogens is 2. The van der Waals surface area contributed by atoms with E-state index < -0.39 is 0 Å². The van der Waals surface area contributed by atoms with Gasteiger partial charge in [-0.25, -0.2) is 0 Å². The van der Waals surface area contributed by atoms with E-state index in [2.05, 4.69) is 44.0 Å². The first kappa shape index (κ1) is 9.99. The molecule has 0 amide bonds. The number of hydrogen-bond acceptors (Lipinski definition) is 1. The number of benzene rings is 2. The van der Waals surface area contributed by atoms with E-state index >= 15 is 0 Å². The van der Waals surface area contributed by atoms with Crippen molar-refractivity contribution < 1.29 is 4.74 Å². The van der Waals surface area contributed by atoms with Crippen LogP contribution in [0.15, 0.2) is 39.3 Å². The Hall–Kier alpha value is -0.540. The molecule has 0 unspecified atom stereocenters. The van der Waals surface area contributed by atoms with Gasteiger partial charge in [0, 0.05) is 9.86 Å². The standard InChI is InChI=1S/C11H8Br2O/c1-14-10-6-9(12)7-4-2-3-5-8(7)11(10)13/h2-6H,1H3. The molecule has 0 spiro atoms. The second-order valence-electron chi connectivity index (χ2n) is 2.92.